The van der Waals surface area contributed by atoms with Gasteiger partial charge in [0, 0.05) is 62.2 Å². The molecule has 0 radical (unpaired) electrons. The molecule has 43 heavy (non-hydrogen) atoms. The molecule has 0 bridgehead atoms. The molecule has 6 heteroatoms. The zero-order valence-electron chi connectivity index (χ0n) is 25.3. The minimum atomic E-state index is 0.815. The minimum Gasteiger partial charge on any atom is -0.385 e. The van der Waals surface area contributed by atoms with E-state index in [1.807, 2.05) is 40.0 Å². The molecule has 0 aliphatic carbocycles. The van der Waals surface area contributed by atoms with E-state index >= 15 is 0 Å². The minimum absolute atomic E-state index is 0.815. The average Bonchev–Trinajstić information content (AvgIpc) is 3.05. The Balaban J connectivity index is 0.972. The van der Waals surface area contributed by atoms with Crippen LogP contribution in [0, 0.1) is 0 Å². The molecule has 0 spiro atoms. The first-order valence-electron chi connectivity index (χ1n) is 15.3. The second-order valence-corrected chi connectivity index (χ2v) is 13.7. The molecule has 0 saturated carbocycles. The van der Waals surface area contributed by atoms with Gasteiger partial charge in [0.25, 0.3) is 0 Å². The van der Waals surface area contributed by atoms with Crippen LogP contribution in [0.25, 0.3) is 18.2 Å². The van der Waals surface area contributed by atoms with Crippen molar-refractivity contribution in [1.29, 1.82) is 0 Å². The lowest BCUT2D eigenvalue weighted by Crippen LogP contribution is -2.33. The molecule has 4 nitrogen and oxygen atoms in total. The maximum Gasteiger partial charge on any atom is 0.169 e. The molecule has 1 aromatic heterocycles. The van der Waals surface area contributed by atoms with Gasteiger partial charge in [-0.25, -0.2) is 4.57 Å². The molecule has 222 valence electrons. The van der Waals surface area contributed by atoms with Gasteiger partial charge in [-0.2, -0.15) is 0 Å². The van der Waals surface area contributed by atoms with Crippen LogP contribution in [0.4, 0.5) is 11.4 Å². The van der Waals surface area contributed by atoms with E-state index in [4.69, 9.17) is 0 Å². The third-order valence-corrected chi connectivity index (χ3v) is 10.2. The molecule has 2 aromatic carbocycles. The normalized spacial score (nSPS) is 15.2. The molecule has 0 amide bonds. The van der Waals surface area contributed by atoms with Crippen molar-refractivity contribution in [3.05, 3.63) is 119 Å². The fraction of sp³-hybridized carbons (Fsp3) is 0.297. The number of allylic oxidation sites excluding steroid dienone is 4. The number of pyridine rings is 1. The summed E-state index contributed by atoms with van der Waals surface area (Å²) in [5.74, 6) is 2.08. The van der Waals surface area contributed by atoms with Crippen LogP contribution in [0.5, 0.6) is 0 Å². The van der Waals surface area contributed by atoms with E-state index in [9.17, 15) is 0 Å². The predicted octanol–water partition coefficient (Wildman–Crippen LogP) is 8.16. The Morgan fingerprint density at radius 1 is 0.930 bits per heavy atom. The van der Waals surface area contributed by atoms with Crippen molar-refractivity contribution in [3.63, 3.8) is 0 Å². The van der Waals surface area contributed by atoms with E-state index in [2.05, 4.69) is 119 Å². The van der Waals surface area contributed by atoms with Crippen molar-refractivity contribution < 1.29 is 4.57 Å². The van der Waals surface area contributed by atoms with Gasteiger partial charge >= 0.3 is 0 Å². The standard InChI is InChI=1S/C37H42N4S2/c1-3-30(8-10-33-13-15-37-35(29-33)7-5-22-40(37)2)16-20-38-21-26-42-43-27-25-41-23-17-31(18-24-41)9-11-32-12-14-36-34(28-32)6-4-19-39-36/h3,8-18,20,23-24,28-29H,1,4-7,19,21-22,25-27H2,2H3/p+1/b10-8+,30-16+,38-20+. The average molecular weight is 608 g/mol. The highest BCUT2D eigenvalue weighted by atomic mass is 33.1. The van der Waals surface area contributed by atoms with Crippen LogP contribution < -0.4 is 14.8 Å². The van der Waals surface area contributed by atoms with Crippen molar-refractivity contribution in [2.24, 2.45) is 4.99 Å². The zero-order valence-corrected chi connectivity index (χ0v) is 26.9. The van der Waals surface area contributed by atoms with Crippen LogP contribution in [0.2, 0.25) is 0 Å². The molecular formula is C37H43N4S2+. The lowest BCUT2D eigenvalue weighted by Gasteiger charge is -2.27. The van der Waals surface area contributed by atoms with E-state index in [0.717, 1.165) is 49.7 Å². The molecule has 3 aromatic rings. The van der Waals surface area contributed by atoms with E-state index in [0.29, 0.717) is 0 Å². The van der Waals surface area contributed by atoms with Gasteiger partial charge in [0.1, 0.15) is 0 Å². The van der Waals surface area contributed by atoms with Gasteiger partial charge in [-0.1, -0.05) is 70.7 Å². The number of nitrogens with one attached hydrogen (secondary N) is 1. The second-order valence-electron chi connectivity index (χ2n) is 11.0. The molecule has 0 unspecified atom stereocenters. The smallest absolute Gasteiger partial charge is 0.169 e. The number of rotatable bonds is 13. The molecule has 3 heterocycles. The van der Waals surface area contributed by atoms with Crippen LogP contribution in [0.3, 0.4) is 0 Å². The molecule has 2 aliphatic heterocycles. The number of hydrogen-bond acceptors (Lipinski definition) is 5. The predicted molar refractivity (Wildman–Crippen MR) is 192 cm³/mol. The number of aliphatic imine (C=N–C) groups is 1. The third-order valence-electron chi connectivity index (χ3n) is 7.80. The van der Waals surface area contributed by atoms with Crippen molar-refractivity contribution in [2.75, 3.05) is 48.4 Å². The maximum atomic E-state index is 4.57. The lowest BCUT2D eigenvalue weighted by atomic mass is 9.99. The van der Waals surface area contributed by atoms with E-state index in [1.165, 1.54) is 58.5 Å². The molecule has 0 atom stereocenters. The first-order chi connectivity index (χ1) is 21.2. The summed E-state index contributed by atoms with van der Waals surface area (Å²) in [6, 6.07) is 17.8. The SMILES string of the molecule is C=CC(/C=C/c1ccc2c(c1)CCCN2C)=C\C=N\CCSSCC[n+]1ccc(/C=C/c2ccc3c(c2)CCCN3)cc1. The fourth-order valence-corrected chi connectivity index (χ4v) is 7.23. The first-order valence-corrected chi connectivity index (χ1v) is 17.8. The van der Waals surface area contributed by atoms with Crippen LogP contribution in [-0.2, 0) is 19.4 Å². The van der Waals surface area contributed by atoms with Crippen LogP contribution in [-0.4, -0.2) is 44.4 Å². The van der Waals surface area contributed by atoms with Gasteiger partial charge < -0.3 is 10.2 Å². The Morgan fingerprint density at radius 2 is 1.70 bits per heavy atom. The highest BCUT2D eigenvalue weighted by molar-refractivity contribution is 8.76. The monoisotopic (exact) mass is 607 g/mol. The summed E-state index contributed by atoms with van der Waals surface area (Å²) in [5, 5.41) is 3.48. The Morgan fingerprint density at radius 3 is 2.58 bits per heavy atom. The Hall–Kier alpha value is -3.48. The summed E-state index contributed by atoms with van der Waals surface area (Å²) in [6.45, 7) is 8.01. The maximum absolute atomic E-state index is 4.57. The molecule has 1 N–H and O–H groups in total. The van der Waals surface area contributed by atoms with Crippen molar-refractivity contribution >= 4 is 57.4 Å². The number of hydrogen-bond donors (Lipinski definition) is 1. The summed E-state index contributed by atoms with van der Waals surface area (Å²) in [5.41, 5.74) is 10.3. The summed E-state index contributed by atoms with van der Waals surface area (Å²) in [6.07, 6.45) is 23.6. The van der Waals surface area contributed by atoms with Crippen LogP contribution in [0.1, 0.15) is 40.7 Å². The Kier molecular flexibility index (Phi) is 11.8. The third kappa shape index (κ3) is 9.50. The number of nitrogens with zero attached hydrogens (tertiary/aromatic N) is 3. The zero-order chi connectivity index (χ0) is 29.7. The summed E-state index contributed by atoms with van der Waals surface area (Å²) >= 11 is 0. The van der Waals surface area contributed by atoms with Crippen molar-refractivity contribution in [3.8, 4) is 0 Å². The van der Waals surface area contributed by atoms with Gasteiger partial charge in [-0.05, 0) is 89.4 Å². The number of aryl methyl sites for hydroxylation is 3. The largest absolute Gasteiger partial charge is 0.385 e. The van der Waals surface area contributed by atoms with Crippen molar-refractivity contribution in [2.45, 2.75) is 32.2 Å². The van der Waals surface area contributed by atoms with Gasteiger partial charge in [-0.3, -0.25) is 4.99 Å². The lowest BCUT2D eigenvalue weighted by molar-refractivity contribution is -0.692. The highest BCUT2D eigenvalue weighted by Gasteiger charge is 2.13. The Bertz CT molecular complexity index is 1490. The van der Waals surface area contributed by atoms with Gasteiger partial charge in [0.2, 0.25) is 0 Å². The van der Waals surface area contributed by atoms with E-state index in [1.54, 1.807) is 0 Å². The second kappa shape index (κ2) is 16.4. The first kappa shape index (κ1) is 31.0. The van der Waals surface area contributed by atoms with Crippen LogP contribution >= 0.6 is 21.6 Å². The molecule has 0 fully saturated rings. The van der Waals surface area contributed by atoms with Gasteiger partial charge in [-0.15, -0.1) is 0 Å². The number of benzene rings is 2. The number of fused-ring (bicyclic) bond motifs is 2. The van der Waals surface area contributed by atoms with Crippen LogP contribution in [0.15, 0.2) is 96.3 Å². The van der Waals surface area contributed by atoms with Gasteiger partial charge in [0.05, 0.1) is 5.75 Å². The fourth-order valence-electron chi connectivity index (χ4n) is 5.38. The summed E-state index contributed by atoms with van der Waals surface area (Å²) in [4.78, 5) is 6.92. The number of aromatic nitrogens is 1. The van der Waals surface area contributed by atoms with Crippen molar-refractivity contribution in [1.82, 2.24) is 0 Å². The van der Waals surface area contributed by atoms with E-state index < -0.39 is 0 Å². The number of anilines is 2. The van der Waals surface area contributed by atoms with E-state index in [-0.39, 0.29) is 0 Å². The quantitative estimate of drug-likeness (QED) is 0.0699. The Labute approximate surface area is 265 Å². The van der Waals surface area contributed by atoms with Gasteiger partial charge in [0.15, 0.2) is 18.9 Å². The molecule has 5 rings (SSSR count). The highest BCUT2D eigenvalue weighted by Crippen LogP contribution is 2.27. The summed E-state index contributed by atoms with van der Waals surface area (Å²) in [7, 11) is 5.98. The summed E-state index contributed by atoms with van der Waals surface area (Å²) < 4.78 is 2.26. The molecule has 2 aliphatic rings. The molecular weight excluding hydrogens is 565 g/mol. The molecule has 0 saturated heterocycles. The topological polar surface area (TPSA) is 31.5 Å².